The minimum absolute atomic E-state index is 0.669. The van der Waals surface area contributed by atoms with E-state index in [1.54, 1.807) is 13.3 Å². The molecule has 0 unspecified atom stereocenters. The van der Waals surface area contributed by atoms with Crippen molar-refractivity contribution in [3.8, 4) is 17.1 Å². The minimum atomic E-state index is 0.669. The number of hydrogen-bond acceptors (Lipinski definition) is 7. The zero-order chi connectivity index (χ0) is 19.9. The van der Waals surface area contributed by atoms with E-state index < -0.39 is 0 Å². The van der Waals surface area contributed by atoms with Crippen molar-refractivity contribution in [1.82, 2.24) is 19.8 Å². The summed E-state index contributed by atoms with van der Waals surface area (Å²) in [7, 11) is 7.98. The molecule has 1 aromatic heterocycles. The lowest BCUT2D eigenvalue weighted by Gasteiger charge is -2.34. The van der Waals surface area contributed by atoms with Gasteiger partial charge in [0.25, 0.3) is 0 Å². The van der Waals surface area contributed by atoms with Crippen molar-refractivity contribution in [3.63, 3.8) is 0 Å². The molecule has 0 aliphatic carbocycles. The van der Waals surface area contributed by atoms with Crippen LogP contribution in [0.15, 0.2) is 30.5 Å². The number of piperazine rings is 1. The minimum Gasteiger partial charge on any atom is -0.491 e. The van der Waals surface area contributed by atoms with E-state index in [0.717, 1.165) is 57.1 Å². The van der Waals surface area contributed by atoms with Crippen molar-refractivity contribution in [2.45, 2.75) is 6.42 Å². The summed E-state index contributed by atoms with van der Waals surface area (Å²) in [5, 5.41) is 3.38. The van der Waals surface area contributed by atoms with Gasteiger partial charge in [0, 0.05) is 44.0 Å². The van der Waals surface area contributed by atoms with Gasteiger partial charge in [0.05, 0.1) is 13.3 Å². The maximum atomic E-state index is 5.41. The van der Waals surface area contributed by atoms with Crippen LogP contribution < -0.4 is 15.0 Å². The van der Waals surface area contributed by atoms with Crippen molar-refractivity contribution in [1.29, 1.82) is 0 Å². The Morgan fingerprint density at radius 2 is 1.82 bits per heavy atom. The number of aromatic nitrogens is 2. The van der Waals surface area contributed by atoms with Crippen molar-refractivity contribution in [3.05, 3.63) is 30.5 Å². The Morgan fingerprint density at radius 3 is 2.46 bits per heavy atom. The molecule has 28 heavy (non-hydrogen) atoms. The molecular weight excluding hydrogens is 352 g/mol. The van der Waals surface area contributed by atoms with Crippen LogP contribution in [0.2, 0.25) is 0 Å². The Hall–Kier alpha value is -2.38. The molecule has 3 rings (SSSR count). The summed E-state index contributed by atoms with van der Waals surface area (Å²) < 4.78 is 5.41. The zero-order valence-corrected chi connectivity index (χ0v) is 17.5. The third-order valence-corrected chi connectivity index (χ3v) is 5.04. The van der Waals surface area contributed by atoms with Crippen LogP contribution >= 0.6 is 0 Å². The molecule has 1 saturated heterocycles. The summed E-state index contributed by atoms with van der Waals surface area (Å²) in [4.78, 5) is 16.1. The van der Waals surface area contributed by atoms with Gasteiger partial charge in [-0.3, -0.25) is 0 Å². The van der Waals surface area contributed by atoms with Gasteiger partial charge in [0.2, 0.25) is 0 Å². The van der Waals surface area contributed by atoms with Crippen molar-refractivity contribution in [2.75, 3.05) is 77.7 Å². The van der Waals surface area contributed by atoms with E-state index in [-0.39, 0.29) is 0 Å². The number of ether oxygens (including phenoxy) is 1. The predicted octanol–water partition coefficient (Wildman–Crippen LogP) is 2.27. The summed E-state index contributed by atoms with van der Waals surface area (Å²) in [6, 6.07) is 8.54. The van der Waals surface area contributed by atoms with Gasteiger partial charge in [-0.1, -0.05) is 0 Å². The lowest BCUT2D eigenvalue weighted by atomic mass is 10.1. The van der Waals surface area contributed by atoms with Gasteiger partial charge < -0.3 is 24.8 Å². The standard InChI is InChI=1S/C21H32N6O/c1-25(2)11-5-10-22-21-19(28-4)16-23-20(24-21)17-6-8-18(9-7-17)27-14-12-26(3)13-15-27/h6-9,16H,5,10-15H2,1-4H3,(H,22,23,24). The van der Waals surface area contributed by atoms with Crippen molar-refractivity contribution < 1.29 is 4.74 Å². The molecule has 2 heterocycles. The van der Waals surface area contributed by atoms with Crippen LogP contribution in [0.4, 0.5) is 11.5 Å². The normalized spacial score (nSPS) is 15.1. The molecule has 7 nitrogen and oxygen atoms in total. The quantitative estimate of drug-likeness (QED) is 0.701. The van der Waals surface area contributed by atoms with Crippen LogP contribution in [0.3, 0.4) is 0 Å². The highest BCUT2D eigenvalue weighted by Gasteiger charge is 2.15. The molecule has 152 valence electrons. The summed E-state index contributed by atoms with van der Waals surface area (Å²) in [6.45, 7) is 6.21. The molecule has 0 saturated carbocycles. The van der Waals surface area contributed by atoms with Crippen LogP contribution in [0, 0.1) is 0 Å². The first-order valence-corrected chi connectivity index (χ1v) is 9.90. The van der Waals surface area contributed by atoms with Crippen LogP contribution in [-0.4, -0.2) is 87.3 Å². The van der Waals surface area contributed by atoms with E-state index in [4.69, 9.17) is 9.72 Å². The molecule has 0 radical (unpaired) electrons. The van der Waals surface area contributed by atoms with Gasteiger partial charge >= 0.3 is 0 Å². The van der Waals surface area contributed by atoms with Crippen molar-refractivity contribution >= 4 is 11.5 Å². The van der Waals surface area contributed by atoms with Crippen LogP contribution in [0.25, 0.3) is 11.4 Å². The molecule has 7 heteroatoms. The molecule has 0 spiro atoms. The number of nitrogens with zero attached hydrogens (tertiary/aromatic N) is 5. The number of anilines is 2. The maximum absolute atomic E-state index is 5.41. The second kappa shape index (κ2) is 9.71. The monoisotopic (exact) mass is 384 g/mol. The average Bonchev–Trinajstić information content (AvgIpc) is 2.71. The van der Waals surface area contributed by atoms with E-state index in [1.165, 1.54) is 5.69 Å². The molecule has 1 aliphatic heterocycles. The zero-order valence-electron chi connectivity index (χ0n) is 17.5. The average molecular weight is 385 g/mol. The third-order valence-electron chi connectivity index (χ3n) is 5.04. The Kier molecular flexibility index (Phi) is 7.06. The second-order valence-electron chi connectivity index (χ2n) is 7.53. The molecule has 1 N–H and O–H groups in total. The summed E-state index contributed by atoms with van der Waals surface area (Å²) >= 11 is 0. The van der Waals surface area contributed by atoms with E-state index in [1.807, 2.05) is 0 Å². The molecular formula is C21H32N6O. The largest absolute Gasteiger partial charge is 0.491 e. The maximum Gasteiger partial charge on any atom is 0.179 e. The smallest absolute Gasteiger partial charge is 0.179 e. The van der Waals surface area contributed by atoms with Gasteiger partial charge in [-0.2, -0.15) is 0 Å². The van der Waals surface area contributed by atoms with Gasteiger partial charge in [-0.15, -0.1) is 0 Å². The van der Waals surface area contributed by atoms with E-state index in [2.05, 4.69) is 70.4 Å². The predicted molar refractivity (Wildman–Crippen MR) is 115 cm³/mol. The van der Waals surface area contributed by atoms with E-state index >= 15 is 0 Å². The molecule has 0 bridgehead atoms. The molecule has 0 atom stereocenters. The first-order chi connectivity index (χ1) is 13.6. The Bertz CT molecular complexity index is 741. The highest BCUT2D eigenvalue weighted by Crippen LogP contribution is 2.26. The van der Waals surface area contributed by atoms with Gasteiger partial charge in [-0.05, 0) is 58.4 Å². The molecule has 1 aliphatic rings. The van der Waals surface area contributed by atoms with Crippen molar-refractivity contribution in [2.24, 2.45) is 0 Å². The first-order valence-electron chi connectivity index (χ1n) is 9.90. The van der Waals surface area contributed by atoms with E-state index in [0.29, 0.717) is 11.6 Å². The Morgan fingerprint density at radius 1 is 1.11 bits per heavy atom. The summed E-state index contributed by atoms with van der Waals surface area (Å²) in [5.41, 5.74) is 2.27. The van der Waals surface area contributed by atoms with Gasteiger partial charge in [0.1, 0.15) is 0 Å². The highest BCUT2D eigenvalue weighted by molar-refractivity contribution is 5.63. The summed E-state index contributed by atoms with van der Waals surface area (Å²) in [6.07, 6.45) is 2.78. The number of benzene rings is 1. The lowest BCUT2D eigenvalue weighted by molar-refractivity contribution is 0.313. The number of hydrogen-bond donors (Lipinski definition) is 1. The van der Waals surface area contributed by atoms with Crippen LogP contribution in [-0.2, 0) is 0 Å². The second-order valence-corrected chi connectivity index (χ2v) is 7.53. The summed E-state index contributed by atoms with van der Waals surface area (Å²) in [5.74, 6) is 2.12. The van der Waals surface area contributed by atoms with Gasteiger partial charge in [0.15, 0.2) is 17.4 Å². The van der Waals surface area contributed by atoms with E-state index in [9.17, 15) is 0 Å². The van der Waals surface area contributed by atoms with Gasteiger partial charge in [-0.25, -0.2) is 9.97 Å². The molecule has 1 fully saturated rings. The highest BCUT2D eigenvalue weighted by atomic mass is 16.5. The number of methoxy groups -OCH3 is 1. The fraction of sp³-hybridized carbons (Fsp3) is 0.524. The number of nitrogens with one attached hydrogen (secondary N) is 1. The first kappa shape index (κ1) is 20.4. The SMILES string of the molecule is COc1cnc(-c2ccc(N3CCN(C)CC3)cc2)nc1NCCCN(C)C. The topological polar surface area (TPSA) is 56.8 Å². The molecule has 2 aromatic rings. The molecule has 0 amide bonds. The lowest BCUT2D eigenvalue weighted by Crippen LogP contribution is -2.44. The number of likely N-dealkylation sites (N-methyl/N-ethyl adjacent to an activating group) is 1. The fourth-order valence-electron chi connectivity index (χ4n) is 3.27. The Labute approximate surface area is 168 Å². The van der Waals surface area contributed by atoms with Crippen LogP contribution in [0.5, 0.6) is 5.75 Å². The number of rotatable bonds is 8. The Balaban J connectivity index is 1.69. The molecule has 1 aromatic carbocycles. The third kappa shape index (κ3) is 5.33. The fourth-order valence-corrected chi connectivity index (χ4v) is 3.27. The van der Waals surface area contributed by atoms with Crippen LogP contribution in [0.1, 0.15) is 6.42 Å².